The molecule has 0 aliphatic heterocycles. The fraction of sp³-hybridized carbons (Fsp3) is 0.556. The lowest BCUT2D eigenvalue weighted by Gasteiger charge is -2.28. The van der Waals surface area contributed by atoms with Crippen molar-refractivity contribution >= 4 is 12.1 Å². The fourth-order valence-electron chi connectivity index (χ4n) is 0.719. The molecule has 15 heavy (non-hydrogen) atoms. The van der Waals surface area contributed by atoms with E-state index in [4.69, 9.17) is 5.11 Å². The zero-order valence-electron chi connectivity index (χ0n) is 8.69. The van der Waals surface area contributed by atoms with Gasteiger partial charge in [-0.15, -0.1) is 0 Å². The first-order chi connectivity index (χ1) is 6.84. The van der Waals surface area contributed by atoms with E-state index in [0.717, 1.165) is 0 Å². The van der Waals surface area contributed by atoms with Gasteiger partial charge in [-0.25, -0.2) is 9.59 Å². The lowest BCUT2D eigenvalue weighted by atomic mass is 9.96. The summed E-state index contributed by atoms with van der Waals surface area (Å²) in [5.41, 5.74) is -1.77. The maximum atomic E-state index is 11.1. The molecule has 2 unspecified atom stereocenters. The smallest absolute Gasteiger partial charge is 0.408 e. The van der Waals surface area contributed by atoms with Crippen LogP contribution in [0.15, 0.2) is 12.7 Å². The van der Waals surface area contributed by atoms with Gasteiger partial charge in [0, 0.05) is 0 Å². The largest absolute Gasteiger partial charge is 0.479 e. The molecule has 0 aliphatic carbocycles. The molecule has 2 atom stereocenters. The summed E-state index contributed by atoms with van der Waals surface area (Å²) < 4.78 is 4.54. The fourth-order valence-corrected chi connectivity index (χ4v) is 0.719. The van der Waals surface area contributed by atoms with Crippen molar-refractivity contribution < 1.29 is 24.5 Å². The van der Waals surface area contributed by atoms with Gasteiger partial charge in [0.2, 0.25) is 0 Å². The molecule has 0 saturated carbocycles. The van der Waals surface area contributed by atoms with Crippen molar-refractivity contribution in [1.82, 2.24) is 5.32 Å². The molecule has 0 radical (unpaired) electrons. The Morgan fingerprint density at radius 1 is 1.67 bits per heavy atom. The molecule has 0 spiro atoms. The maximum absolute atomic E-state index is 11.1. The Kier molecular flexibility index (Phi) is 4.80. The van der Waals surface area contributed by atoms with Crippen LogP contribution in [0, 0.1) is 0 Å². The third-order valence-corrected chi connectivity index (χ3v) is 1.97. The second-order valence-corrected chi connectivity index (χ2v) is 3.20. The molecule has 0 aromatic heterocycles. The Morgan fingerprint density at radius 2 is 2.20 bits per heavy atom. The van der Waals surface area contributed by atoms with E-state index >= 15 is 0 Å². The number of carboxylic acid groups (broad SMARTS) is 1. The van der Waals surface area contributed by atoms with Crippen molar-refractivity contribution in [3.8, 4) is 0 Å². The Labute approximate surface area is 87.5 Å². The molecule has 6 nitrogen and oxygen atoms in total. The van der Waals surface area contributed by atoms with Crippen LogP contribution in [0.2, 0.25) is 0 Å². The number of hydrogen-bond acceptors (Lipinski definition) is 4. The Morgan fingerprint density at radius 3 is 2.53 bits per heavy atom. The first kappa shape index (κ1) is 13.4. The van der Waals surface area contributed by atoms with Crippen molar-refractivity contribution in [3.63, 3.8) is 0 Å². The lowest BCUT2D eigenvalue weighted by molar-refractivity contribution is -0.148. The van der Waals surface area contributed by atoms with Crippen molar-refractivity contribution in [3.05, 3.63) is 12.7 Å². The van der Waals surface area contributed by atoms with Crippen LogP contribution in [-0.4, -0.2) is 40.5 Å². The first-order valence-corrected chi connectivity index (χ1v) is 4.32. The van der Waals surface area contributed by atoms with Crippen LogP contribution < -0.4 is 5.32 Å². The Balaban J connectivity index is 4.49. The molecule has 86 valence electrons. The highest BCUT2D eigenvalue weighted by Gasteiger charge is 2.40. The van der Waals surface area contributed by atoms with Gasteiger partial charge in [-0.1, -0.05) is 12.7 Å². The molecule has 0 aromatic rings. The molecular weight excluding hydrogens is 202 g/mol. The van der Waals surface area contributed by atoms with Crippen LogP contribution in [0.25, 0.3) is 0 Å². The van der Waals surface area contributed by atoms with Gasteiger partial charge in [-0.2, -0.15) is 0 Å². The number of rotatable bonds is 5. The SMILES string of the molecule is C=CCOC(=O)NC(C)(C(=O)O)C(C)O. The summed E-state index contributed by atoms with van der Waals surface area (Å²) in [6, 6.07) is 0. The summed E-state index contributed by atoms with van der Waals surface area (Å²) >= 11 is 0. The van der Waals surface area contributed by atoms with E-state index in [9.17, 15) is 14.7 Å². The molecule has 0 heterocycles. The van der Waals surface area contributed by atoms with Crippen LogP contribution >= 0.6 is 0 Å². The number of nitrogens with one attached hydrogen (secondary N) is 1. The van der Waals surface area contributed by atoms with E-state index in [0.29, 0.717) is 0 Å². The monoisotopic (exact) mass is 217 g/mol. The molecule has 0 rings (SSSR count). The van der Waals surface area contributed by atoms with Gasteiger partial charge in [0.05, 0.1) is 6.10 Å². The molecule has 0 bridgehead atoms. The molecule has 6 heteroatoms. The number of carboxylic acids is 1. The van der Waals surface area contributed by atoms with Crippen molar-refractivity contribution in [2.24, 2.45) is 0 Å². The van der Waals surface area contributed by atoms with Gasteiger partial charge in [0.25, 0.3) is 0 Å². The van der Waals surface area contributed by atoms with Crippen LogP contribution in [0.3, 0.4) is 0 Å². The predicted octanol–water partition coefficient (Wildman–Crippen LogP) is 0.123. The number of aliphatic hydroxyl groups is 1. The van der Waals surface area contributed by atoms with Gasteiger partial charge >= 0.3 is 12.1 Å². The zero-order chi connectivity index (χ0) is 12.1. The molecule has 0 aliphatic rings. The topological polar surface area (TPSA) is 95.9 Å². The molecule has 0 aromatic carbocycles. The Hall–Kier alpha value is -1.56. The molecule has 0 saturated heterocycles. The quantitative estimate of drug-likeness (QED) is 0.568. The molecular formula is C9H15NO5. The summed E-state index contributed by atoms with van der Waals surface area (Å²) in [5.74, 6) is -1.34. The number of carbonyl (C=O) groups is 2. The van der Waals surface area contributed by atoms with Crippen molar-refractivity contribution in [1.29, 1.82) is 0 Å². The molecule has 1 amide bonds. The first-order valence-electron chi connectivity index (χ1n) is 4.32. The zero-order valence-corrected chi connectivity index (χ0v) is 8.69. The summed E-state index contributed by atoms with van der Waals surface area (Å²) in [5, 5.41) is 20.1. The highest BCUT2D eigenvalue weighted by molar-refractivity contribution is 5.84. The van der Waals surface area contributed by atoms with E-state index in [2.05, 4.69) is 16.6 Å². The van der Waals surface area contributed by atoms with Crippen molar-refractivity contribution in [2.45, 2.75) is 25.5 Å². The second kappa shape index (κ2) is 5.35. The number of aliphatic carboxylic acids is 1. The molecule has 0 fully saturated rings. The predicted molar refractivity (Wildman–Crippen MR) is 52.4 cm³/mol. The lowest BCUT2D eigenvalue weighted by Crippen LogP contribution is -2.59. The molecule has 3 N–H and O–H groups in total. The van der Waals surface area contributed by atoms with Crippen LogP contribution in [-0.2, 0) is 9.53 Å². The number of alkyl carbamates (subject to hydrolysis) is 1. The number of carbonyl (C=O) groups excluding carboxylic acids is 1. The van der Waals surface area contributed by atoms with E-state index in [1.165, 1.54) is 19.9 Å². The highest BCUT2D eigenvalue weighted by Crippen LogP contribution is 2.10. The van der Waals surface area contributed by atoms with E-state index < -0.39 is 23.7 Å². The summed E-state index contributed by atoms with van der Waals surface area (Å²) in [7, 11) is 0. The van der Waals surface area contributed by atoms with E-state index in [1.54, 1.807) is 0 Å². The maximum Gasteiger partial charge on any atom is 0.408 e. The summed E-state index contributed by atoms with van der Waals surface area (Å²) in [4.78, 5) is 21.9. The van der Waals surface area contributed by atoms with Gasteiger partial charge < -0.3 is 20.3 Å². The van der Waals surface area contributed by atoms with Crippen LogP contribution in [0.5, 0.6) is 0 Å². The standard InChI is InChI=1S/C9H15NO5/c1-4-5-15-8(14)10-9(3,6(2)11)7(12)13/h4,6,11H,1,5H2,2-3H3,(H,10,14)(H,12,13). The number of hydrogen-bond donors (Lipinski definition) is 3. The highest BCUT2D eigenvalue weighted by atomic mass is 16.5. The summed E-state index contributed by atoms with van der Waals surface area (Å²) in [6.07, 6.45) is -0.813. The minimum absolute atomic E-state index is 0.0264. The third-order valence-electron chi connectivity index (χ3n) is 1.97. The average molecular weight is 217 g/mol. The minimum atomic E-state index is -1.77. The summed E-state index contributed by atoms with van der Waals surface area (Å²) in [6.45, 7) is 5.76. The van der Waals surface area contributed by atoms with Crippen molar-refractivity contribution in [2.75, 3.05) is 6.61 Å². The minimum Gasteiger partial charge on any atom is -0.479 e. The Bertz CT molecular complexity index is 263. The van der Waals surface area contributed by atoms with E-state index in [-0.39, 0.29) is 6.61 Å². The third kappa shape index (κ3) is 3.59. The van der Waals surface area contributed by atoms with Gasteiger partial charge in [-0.3, -0.25) is 0 Å². The normalized spacial score (nSPS) is 15.9. The van der Waals surface area contributed by atoms with Crippen LogP contribution in [0.4, 0.5) is 4.79 Å². The second-order valence-electron chi connectivity index (χ2n) is 3.20. The van der Waals surface area contributed by atoms with E-state index in [1.807, 2.05) is 0 Å². The van der Waals surface area contributed by atoms with Gasteiger partial charge in [0.1, 0.15) is 6.61 Å². The van der Waals surface area contributed by atoms with Crippen LogP contribution in [0.1, 0.15) is 13.8 Å². The van der Waals surface area contributed by atoms with Gasteiger partial charge in [0.15, 0.2) is 5.54 Å². The number of amides is 1. The number of ether oxygens (including phenoxy) is 1. The average Bonchev–Trinajstić information content (AvgIpc) is 2.13. The number of aliphatic hydroxyl groups excluding tert-OH is 1. The van der Waals surface area contributed by atoms with Gasteiger partial charge in [-0.05, 0) is 13.8 Å².